The van der Waals surface area contributed by atoms with E-state index >= 15 is 0 Å². The lowest BCUT2D eigenvalue weighted by atomic mass is 10.4. The molecule has 0 unspecified atom stereocenters. The predicted molar refractivity (Wildman–Crippen MR) is 54.4 cm³/mol. The number of halogens is 2. The van der Waals surface area contributed by atoms with E-state index in [0.717, 1.165) is 10.2 Å². The van der Waals surface area contributed by atoms with Crippen LogP contribution in [0.1, 0.15) is 0 Å². The van der Waals surface area contributed by atoms with Crippen molar-refractivity contribution in [3.63, 3.8) is 0 Å². The second-order valence-corrected chi connectivity index (χ2v) is 9.68. The predicted octanol–water partition coefficient (Wildman–Crippen LogP) is 2.99. The number of rotatable bonds is 1. The molecule has 0 aliphatic heterocycles. The van der Waals surface area contributed by atoms with Crippen LogP contribution in [0.2, 0.25) is 18.1 Å². The molecule has 0 aliphatic carbocycles. The molecule has 11 heavy (non-hydrogen) atoms. The van der Waals surface area contributed by atoms with E-state index < -0.39 is 7.38 Å². The third-order valence-corrected chi connectivity index (χ3v) is 4.33. The van der Waals surface area contributed by atoms with E-state index in [4.69, 9.17) is 22.7 Å². The molecule has 60 valence electrons. The van der Waals surface area contributed by atoms with Gasteiger partial charge in [-0.1, -0.05) is 42.9 Å². The highest BCUT2D eigenvalue weighted by atomic mass is 35.6. The van der Waals surface area contributed by atoms with Crippen LogP contribution in [0.25, 0.3) is 0 Å². The van der Waals surface area contributed by atoms with Crippen molar-refractivity contribution in [2.24, 2.45) is 0 Å². The first-order valence-corrected chi connectivity index (χ1v) is 7.85. The van der Waals surface area contributed by atoms with Gasteiger partial charge in [0.1, 0.15) is 0 Å². The van der Waals surface area contributed by atoms with Crippen LogP contribution in [0, 0.1) is 0 Å². The molecular formula is C8H10Cl2Si. The summed E-state index contributed by atoms with van der Waals surface area (Å²) >= 11 is 12.2. The van der Waals surface area contributed by atoms with Crippen molar-refractivity contribution in [3.05, 3.63) is 29.3 Å². The zero-order valence-electron chi connectivity index (χ0n) is 6.57. The highest BCUT2D eigenvalue weighted by molar-refractivity contribution is 7.26. The maximum absolute atomic E-state index is 6.22. The van der Waals surface area contributed by atoms with E-state index in [9.17, 15) is 0 Å². The topological polar surface area (TPSA) is 0 Å². The molecule has 0 heterocycles. The minimum absolute atomic E-state index is 0.791. The summed E-state index contributed by atoms with van der Waals surface area (Å²) in [4.78, 5) is 0. The Labute approximate surface area is 77.9 Å². The molecule has 1 aromatic rings. The van der Waals surface area contributed by atoms with Crippen molar-refractivity contribution in [2.45, 2.75) is 13.1 Å². The fraction of sp³-hybridized carbons (Fsp3) is 0.250. The molecule has 0 aromatic heterocycles. The zero-order chi connectivity index (χ0) is 8.48. The molecule has 0 saturated heterocycles. The highest BCUT2D eigenvalue weighted by Gasteiger charge is 2.22. The van der Waals surface area contributed by atoms with E-state index in [2.05, 4.69) is 13.1 Å². The lowest BCUT2D eigenvalue weighted by Gasteiger charge is -2.14. The summed E-state index contributed by atoms with van der Waals surface area (Å²) in [5.41, 5.74) is 0. The van der Waals surface area contributed by atoms with E-state index in [1.54, 1.807) is 0 Å². The van der Waals surface area contributed by atoms with Crippen LogP contribution in [0.5, 0.6) is 0 Å². The maximum atomic E-state index is 6.22. The van der Waals surface area contributed by atoms with Crippen LogP contribution in [-0.2, 0) is 0 Å². The Bertz CT molecular complexity index is 253. The highest BCUT2D eigenvalue weighted by Crippen LogP contribution is 2.14. The van der Waals surface area contributed by atoms with Gasteiger partial charge in [0.05, 0.1) is 0 Å². The molecule has 0 aliphatic rings. The summed E-state index contributed by atoms with van der Waals surface area (Å²) in [5.74, 6) is 0. The molecule has 1 rings (SSSR count). The zero-order valence-corrected chi connectivity index (χ0v) is 9.08. The standard InChI is InChI=1S/C8H10Cl2Si/c1-11(2,10)8-6-4-3-5-7(8)9/h3-6H,1-2H3. The minimum Gasteiger partial charge on any atom is -0.161 e. The van der Waals surface area contributed by atoms with Gasteiger partial charge in [0.25, 0.3) is 0 Å². The largest absolute Gasteiger partial charge is 0.182 e. The van der Waals surface area contributed by atoms with E-state index in [1.165, 1.54) is 0 Å². The molecular weight excluding hydrogens is 195 g/mol. The van der Waals surface area contributed by atoms with Crippen molar-refractivity contribution >= 4 is 35.3 Å². The molecule has 0 bridgehead atoms. The average molecular weight is 205 g/mol. The van der Waals surface area contributed by atoms with E-state index in [0.29, 0.717) is 0 Å². The lowest BCUT2D eigenvalue weighted by Crippen LogP contribution is -2.35. The SMILES string of the molecule is C[Si](C)(Cl)c1ccccc1Cl. The Morgan fingerprint density at radius 2 is 1.73 bits per heavy atom. The smallest absolute Gasteiger partial charge is 0.161 e. The molecule has 0 nitrogen and oxygen atoms in total. The fourth-order valence-corrected chi connectivity index (χ4v) is 3.57. The van der Waals surface area contributed by atoms with Gasteiger partial charge in [-0.15, -0.1) is 0 Å². The molecule has 0 spiro atoms. The van der Waals surface area contributed by atoms with Gasteiger partial charge < -0.3 is 0 Å². The van der Waals surface area contributed by atoms with Gasteiger partial charge in [0, 0.05) is 5.02 Å². The van der Waals surface area contributed by atoms with Crippen LogP contribution in [0.3, 0.4) is 0 Å². The number of benzene rings is 1. The summed E-state index contributed by atoms with van der Waals surface area (Å²) < 4.78 is 0. The van der Waals surface area contributed by atoms with Crippen molar-refractivity contribution in [1.82, 2.24) is 0 Å². The molecule has 0 radical (unpaired) electrons. The molecule has 1 aromatic carbocycles. The van der Waals surface area contributed by atoms with Gasteiger partial charge >= 0.3 is 0 Å². The first-order valence-electron chi connectivity index (χ1n) is 3.46. The van der Waals surface area contributed by atoms with E-state index in [1.807, 2.05) is 24.3 Å². The molecule has 0 amide bonds. The van der Waals surface area contributed by atoms with Crippen molar-refractivity contribution in [2.75, 3.05) is 0 Å². The molecule has 3 heteroatoms. The van der Waals surface area contributed by atoms with Crippen LogP contribution >= 0.6 is 22.7 Å². The lowest BCUT2D eigenvalue weighted by molar-refractivity contribution is 1.73. The summed E-state index contributed by atoms with van der Waals surface area (Å²) in [6.07, 6.45) is 0. The third kappa shape index (κ3) is 2.22. The maximum Gasteiger partial charge on any atom is 0.182 e. The first-order chi connectivity index (χ1) is 5.02. The van der Waals surface area contributed by atoms with Crippen LogP contribution in [-0.4, -0.2) is 7.38 Å². The quantitative estimate of drug-likeness (QED) is 0.488. The Hall–Kier alpha value is 0.0169. The summed E-state index contributed by atoms with van der Waals surface area (Å²) in [5, 5.41) is 1.91. The van der Waals surface area contributed by atoms with Crippen LogP contribution < -0.4 is 5.19 Å². The summed E-state index contributed by atoms with van der Waals surface area (Å²) in [7, 11) is -1.74. The van der Waals surface area contributed by atoms with Gasteiger partial charge in [-0.25, -0.2) is 0 Å². The first kappa shape index (κ1) is 9.11. The monoisotopic (exact) mass is 204 g/mol. The van der Waals surface area contributed by atoms with E-state index in [-0.39, 0.29) is 0 Å². The minimum atomic E-state index is -1.74. The Kier molecular flexibility index (Phi) is 2.63. The Morgan fingerprint density at radius 1 is 1.18 bits per heavy atom. The molecule has 0 atom stereocenters. The third-order valence-electron chi connectivity index (χ3n) is 1.51. The van der Waals surface area contributed by atoms with Crippen molar-refractivity contribution in [1.29, 1.82) is 0 Å². The van der Waals surface area contributed by atoms with Gasteiger partial charge in [-0.05, 0) is 11.3 Å². The van der Waals surface area contributed by atoms with Crippen molar-refractivity contribution in [3.8, 4) is 0 Å². The van der Waals surface area contributed by atoms with Gasteiger partial charge in [0.15, 0.2) is 7.38 Å². The Balaban J connectivity index is 3.14. The number of hydrogen-bond donors (Lipinski definition) is 0. The second kappa shape index (κ2) is 3.17. The number of hydrogen-bond acceptors (Lipinski definition) is 0. The second-order valence-electron chi connectivity index (χ2n) is 2.95. The molecule has 0 saturated carbocycles. The fourth-order valence-electron chi connectivity index (χ4n) is 0.943. The normalized spacial score (nSPS) is 11.6. The molecule has 0 N–H and O–H groups in total. The summed E-state index contributed by atoms with van der Waals surface area (Å²) in [6, 6.07) is 7.77. The van der Waals surface area contributed by atoms with Gasteiger partial charge in [-0.3, -0.25) is 0 Å². The van der Waals surface area contributed by atoms with Crippen molar-refractivity contribution < 1.29 is 0 Å². The van der Waals surface area contributed by atoms with Gasteiger partial charge in [0.2, 0.25) is 0 Å². The van der Waals surface area contributed by atoms with Gasteiger partial charge in [-0.2, -0.15) is 11.1 Å². The Morgan fingerprint density at radius 3 is 2.09 bits per heavy atom. The summed E-state index contributed by atoms with van der Waals surface area (Å²) in [6.45, 7) is 4.13. The average Bonchev–Trinajstić information content (AvgIpc) is 1.86. The molecule has 0 fully saturated rings. The van der Waals surface area contributed by atoms with Crippen LogP contribution in [0.15, 0.2) is 24.3 Å². The van der Waals surface area contributed by atoms with Crippen LogP contribution in [0.4, 0.5) is 0 Å².